The SMILES string of the molecule is COCCCC(=O)C(C)(C)N(C)C. The number of Topliss-reactive ketones (excluding diaryl/α,β-unsaturated/α-hetero) is 1. The van der Waals surface area contributed by atoms with E-state index in [1.165, 1.54) is 0 Å². The number of methoxy groups -OCH3 is 1. The van der Waals surface area contributed by atoms with E-state index in [-0.39, 0.29) is 11.3 Å². The predicted octanol–water partition coefficient (Wildman–Crippen LogP) is 1.32. The Morgan fingerprint density at radius 2 is 1.92 bits per heavy atom. The Bertz CT molecular complexity index is 164. The third-order valence-electron chi connectivity index (χ3n) is 2.55. The summed E-state index contributed by atoms with van der Waals surface area (Å²) in [5, 5.41) is 0. The van der Waals surface area contributed by atoms with Crippen LogP contribution >= 0.6 is 0 Å². The molecule has 0 spiro atoms. The molecule has 0 fully saturated rings. The van der Waals surface area contributed by atoms with Gasteiger partial charge in [0.2, 0.25) is 0 Å². The fourth-order valence-corrected chi connectivity index (χ4v) is 0.932. The van der Waals surface area contributed by atoms with Gasteiger partial charge in [-0.05, 0) is 34.4 Å². The molecule has 0 atom stereocenters. The fraction of sp³-hybridized carbons (Fsp3) is 0.900. The van der Waals surface area contributed by atoms with E-state index >= 15 is 0 Å². The molecule has 0 bridgehead atoms. The second-order valence-electron chi connectivity index (χ2n) is 3.97. The molecule has 13 heavy (non-hydrogen) atoms. The first kappa shape index (κ1) is 12.6. The van der Waals surface area contributed by atoms with Crippen LogP contribution in [0.15, 0.2) is 0 Å². The summed E-state index contributed by atoms with van der Waals surface area (Å²) in [7, 11) is 5.50. The topological polar surface area (TPSA) is 29.5 Å². The standard InChI is InChI=1S/C10H21NO2/c1-10(2,11(3)4)9(12)7-6-8-13-5/h6-8H2,1-5H3. The Balaban J connectivity index is 3.95. The Labute approximate surface area is 81.1 Å². The Hall–Kier alpha value is -0.410. The van der Waals surface area contributed by atoms with Gasteiger partial charge in [-0.2, -0.15) is 0 Å². The molecule has 0 amide bonds. The van der Waals surface area contributed by atoms with Crippen LogP contribution in [0.3, 0.4) is 0 Å². The summed E-state index contributed by atoms with van der Waals surface area (Å²) in [5.41, 5.74) is -0.353. The van der Waals surface area contributed by atoms with Crippen molar-refractivity contribution in [2.45, 2.75) is 32.2 Å². The molecule has 0 saturated carbocycles. The van der Waals surface area contributed by atoms with E-state index in [1.807, 2.05) is 32.8 Å². The highest BCUT2D eigenvalue weighted by Gasteiger charge is 2.28. The lowest BCUT2D eigenvalue weighted by molar-refractivity contribution is -0.128. The number of hydrogen-bond donors (Lipinski definition) is 0. The van der Waals surface area contributed by atoms with Gasteiger partial charge in [-0.3, -0.25) is 9.69 Å². The molecular weight excluding hydrogens is 166 g/mol. The first-order valence-electron chi connectivity index (χ1n) is 4.62. The highest BCUT2D eigenvalue weighted by Crippen LogP contribution is 2.14. The van der Waals surface area contributed by atoms with Crippen LogP contribution < -0.4 is 0 Å². The van der Waals surface area contributed by atoms with E-state index in [1.54, 1.807) is 7.11 Å². The summed E-state index contributed by atoms with van der Waals surface area (Å²) < 4.78 is 4.90. The largest absolute Gasteiger partial charge is 0.385 e. The fourth-order valence-electron chi connectivity index (χ4n) is 0.932. The van der Waals surface area contributed by atoms with Crippen LogP contribution in [0.5, 0.6) is 0 Å². The van der Waals surface area contributed by atoms with Crippen LogP contribution in [-0.4, -0.2) is 44.0 Å². The van der Waals surface area contributed by atoms with Crippen molar-refractivity contribution in [3.63, 3.8) is 0 Å². The van der Waals surface area contributed by atoms with Crippen molar-refractivity contribution in [1.29, 1.82) is 0 Å². The molecule has 0 aromatic rings. The number of carbonyl (C=O) groups excluding carboxylic acids is 1. The Morgan fingerprint density at radius 1 is 1.38 bits per heavy atom. The van der Waals surface area contributed by atoms with Crippen molar-refractivity contribution >= 4 is 5.78 Å². The van der Waals surface area contributed by atoms with Gasteiger partial charge in [0.25, 0.3) is 0 Å². The summed E-state index contributed by atoms with van der Waals surface area (Å²) in [5.74, 6) is 0.273. The molecule has 0 radical (unpaired) electrons. The van der Waals surface area contributed by atoms with Crippen molar-refractivity contribution in [3.8, 4) is 0 Å². The van der Waals surface area contributed by atoms with E-state index in [0.29, 0.717) is 13.0 Å². The molecule has 0 heterocycles. The van der Waals surface area contributed by atoms with E-state index in [0.717, 1.165) is 6.42 Å². The number of rotatable bonds is 6. The number of ether oxygens (including phenoxy) is 1. The van der Waals surface area contributed by atoms with Gasteiger partial charge in [0.05, 0.1) is 5.54 Å². The zero-order chi connectivity index (χ0) is 10.5. The average molecular weight is 187 g/mol. The van der Waals surface area contributed by atoms with Crippen LogP contribution in [0.25, 0.3) is 0 Å². The molecule has 0 aliphatic carbocycles. The van der Waals surface area contributed by atoms with Crippen LogP contribution in [0.4, 0.5) is 0 Å². The molecule has 0 unspecified atom stereocenters. The number of carbonyl (C=O) groups is 1. The maximum atomic E-state index is 11.7. The molecule has 0 aliphatic rings. The summed E-state index contributed by atoms with van der Waals surface area (Å²) >= 11 is 0. The normalized spacial score (nSPS) is 12.2. The maximum absolute atomic E-state index is 11.7. The lowest BCUT2D eigenvalue weighted by Crippen LogP contribution is -2.45. The van der Waals surface area contributed by atoms with E-state index in [2.05, 4.69) is 0 Å². The summed E-state index contributed by atoms with van der Waals surface area (Å²) in [6, 6.07) is 0. The molecule has 3 nitrogen and oxygen atoms in total. The zero-order valence-corrected chi connectivity index (χ0v) is 9.39. The lowest BCUT2D eigenvalue weighted by Gasteiger charge is -2.30. The minimum Gasteiger partial charge on any atom is -0.385 e. The second kappa shape index (κ2) is 5.35. The van der Waals surface area contributed by atoms with E-state index < -0.39 is 0 Å². The van der Waals surface area contributed by atoms with Crippen molar-refractivity contribution < 1.29 is 9.53 Å². The van der Waals surface area contributed by atoms with Crippen molar-refractivity contribution in [3.05, 3.63) is 0 Å². The Kier molecular flexibility index (Phi) is 5.18. The maximum Gasteiger partial charge on any atom is 0.152 e. The van der Waals surface area contributed by atoms with Crippen LogP contribution in [-0.2, 0) is 9.53 Å². The van der Waals surface area contributed by atoms with Crippen molar-refractivity contribution in [2.75, 3.05) is 27.8 Å². The average Bonchev–Trinajstić information content (AvgIpc) is 2.04. The van der Waals surface area contributed by atoms with Gasteiger partial charge >= 0.3 is 0 Å². The van der Waals surface area contributed by atoms with E-state index in [9.17, 15) is 4.79 Å². The van der Waals surface area contributed by atoms with E-state index in [4.69, 9.17) is 4.74 Å². The Morgan fingerprint density at radius 3 is 2.31 bits per heavy atom. The third kappa shape index (κ3) is 3.87. The second-order valence-corrected chi connectivity index (χ2v) is 3.97. The van der Waals surface area contributed by atoms with Crippen molar-refractivity contribution in [2.24, 2.45) is 0 Å². The highest BCUT2D eigenvalue weighted by atomic mass is 16.5. The minimum absolute atomic E-state index is 0.273. The first-order valence-corrected chi connectivity index (χ1v) is 4.62. The quantitative estimate of drug-likeness (QED) is 0.587. The monoisotopic (exact) mass is 187 g/mol. The van der Waals surface area contributed by atoms with Crippen LogP contribution in [0.1, 0.15) is 26.7 Å². The van der Waals surface area contributed by atoms with Crippen molar-refractivity contribution in [1.82, 2.24) is 4.90 Å². The number of likely N-dealkylation sites (N-methyl/N-ethyl adjacent to an activating group) is 1. The summed E-state index contributed by atoms with van der Waals surface area (Å²) in [6.45, 7) is 4.56. The van der Waals surface area contributed by atoms with Gasteiger partial charge in [-0.15, -0.1) is 0 Å². The minimum atomic E-state index is -0.353. The number of hydrogen-bond acceptors (Lipinski definition) is 3. The first-order chi connectivity index (χ1) is 5.92. The predicted molar refractivity (Wildman–Crippen MR) is 53.9 cm³/mol. The molecule has 0 aromatic heterocycles. The lowest BCUT2D eigenvalue weighted by atomic mass is 9.94. The van der Waals surface area contributed by atoms with Crippen LogP contribution in [0.2, 0.25) is 0 Å². The molecule has 0 N–H and O–H groups in total. The molecule has 0 aromatic carbocycles. The molecule has 78 valence electrons. The third-order valence-corrected chi connectivity index (χ3v) is 2.55. The van der Waals surface area contributed by atoms with Crippen LogP contribution in [0, 0.1) is 0 Å². The van der Waals surface area contributed by atoms with Gasteiger partial charge in [-0.25, -0.2) is 0 Å². The van der Waals surface area contributed by atoms with Gasteiger partial charge < -0.3 is 4.74 Å². The smallest absolute Gasteiger partial charge is 0.152 e. The number of nitrogens with zero attached hydrogens (tertiary/aromatic N) is 1. The summed E-state index contributed by atoms with van der Waals surface area (Å²) in [4.78, 5) is 13.6. The molecular formula is C10H21NO2. The molecule has 0 rings (SSSR count). The van der Waals surface area contributed by atoms with Gasteiger partial charge in [0.15, 0.2) is 5.78 Å². The molecule has 3 heteroatoms. The summed E-state index contributed by atoms with van der Waals surface area (Å²) in [6.07, 6.45) is 1.41. The highest BCUT2D eigenvalue weighted by molar-refractivity contribution is 5.87. The van der Waals surface area contributed by atoms with Gasteiger partial charge in [0.1, 0.15) is 0 Å². The zero-order valence-electron chi connectivity index (χ0n) is 9.39. The van der Waals surface area contributed by atoms with Gasteiger partial charge in [0, 0.05) is 20.1 Å². The molecule has 0 saturated heterocycles. The number of ketones is 1. The molecule has 0 aliphatic heterocycles. The van der Waals surface area contributed by atoms with Gasteiger partial charge in [-0.1, -0.05) is 0 Å².